The summed E-state index contributed by atoms with van der Waals surface area (Å²) in [5.41, 5.74) is 7.00. The van der Waals surface area contributed by atoms with Crippen LogP contribution in [0.2, 0.25) is 0 Å². The highest BCUT2D eigenvalue weighted by Crippen LogP contribution is 2.28. The van der Waals surface area contributed by atoms with Gasteiger partial charge in [-0.15, -0.1) is 11.3 Å². The van der Waals surface area contributed by atoms with E-state index in [1.54, 1.807) is 18.2 Å². The molecule has 0 amide bonds. The first-order chi connectivity index (χ1) is 8.92. The van der Waals surface area contributed by atoms with Crippen LogP contribution in [-0.2, 0) is 16.6 Å². The molecule has 1 heterocycles. The van der Waals surface area contributed by atoms with Crippen molar-refractivity contribution in [1.82, 2.24) is 0 Å². The Kier molecular flexibility index (Phi) is 4.29. The Hall–Kier alpha value is -0.890. The highest BCUT2D eigenvalue weighted by Gasteiger charge is 2.18. The van der Waals surface area contributed by atoms with Gasteiger partial charge in [-0.25, -0.2) is 8.42 Å². The van der Waals surface area contributed by atoms with Crippen LogP contribution in [0, 0.1) is 6.92 Å². The Morgan fingerprint density at radius 2 is 2.05 bits per heavy atom. The van der Waals surface area contributed by atoms with E-state index in [9.17, 15) is 8.42 Å². The first-order valence-corrected chi connectivity index (χ1v) is 8.59. The Morgan fingerprint density at radius 1 is 1.32 bits per heavy atom. The second kappa shape index (κ2) is 5.62. The van der Waals surface area contributed by atoms with Crippen molar-refractivity contribution >= 4 is 43.0 Å². The quantitative estimate of drug-likeness (QED) is 0.879. The van der Waals surface area contributed by atoms with Crippen LogP contribution in [0.15, 0.2) is 39.0 Å². The number of nitrogens with two attached hydrogens (primary N) is 1. The van der Waals surface area contributed by atoms with Crippen molar-refractivity contribution in [3.8, 4) is 0 Å². The summed E-state index contributed by atoms with van der Waals surface area (Å²) < 4.78 is 28.0. The van der Waals surface area contributed by atoms with Gasteiger partial charge in [-0.1, -0.05) is 6.07 Å². The van der Waals surface area contributed by atoms with Crippen LogP contribution in [0.3, 0.4) is 0 Å². The summed E-state index contributed by atoms with van der Waals surface area (Å²) in [7, 11) is -3.56. The Labute approximate surface area is 124 Å². The van der Waals surface area contributed by atoms with Gasteiger partial charge in [0.2, 0.25) is 0 Å². The van der Waals surface area contributed by atoms with Gasteiger partial charge in [0.05, 0.1) is 5.69 Å². The number of rotatable bonds is 4. The zero-order valence-corrected chi connectivity index (χ0v) is 13.4. The smallest absolute Gasteiger partial charge is 0.271 e. The van der Waals surface area contributed by atoms with Crippen molar-refractivity contribution in [2.45, 2.75) is 17.7 Å². The van der Waals surface area contributed by atoms with E-state index in [2.05, 4.69) is 20.7 Å². The van der Waals surface area contributed by atoms with E-state index in [1.807, 2.05) is 19.1 Å². The van der Waals surface area contributed by atoms with Crippen LogP contribution in [0.4, 0.5) is 5.69 Å². The zero-order chi connectivity index (χ0) is 14.0. The van der Waals surface area contributed by atoms with Crippen molar-refractivity contribution in [2.24, 2.45) is 5.73 Å². The molecule has 0 radical (unpaired) electrons. The van der Waals surface area contributed by atoms with Crippen LogP contribution in [0.5, 0.6) is 0 Å². The average Bonchev–Trinajstić information content (AvgIpc) is 2.83. The van der Waals surface area contributed by atoms with E-state index >= 15 is 0 Å². The Bertz CT molecular complexity index is 696. The monoisotopic (exact) mass is 360 g/mol. The van der Waals surface area contributed by atoms with Crippen molar-refractivity contribution in [3.05, 3.63) is 45.2 Å². The van der Waals surface area contributed by atoms with Crippen LogP contribution < -0.4 is 10.5 Å². The molecular weight excluding hydrogens is 348 g/mol. The normalized spacial score (nSPS) is 11.5. The third-order valence-electron chi connectivity index (χ3n) is 2.47. The molecule has 0 aliphatic heterocycles. The number of thiophene rings is 1. The molecule has 0 fully saturated rings. The Balaban J connectivity index is 2.33. The van der Waals surface area contributed by atoms with Gasteiger partial charge < -0.3 is 5.73 Å². The number of halogens is 1. The molecule has 1 aromatic heterocycles. The lowest BCUT2D eigenvalue weighted by Crippen LogP contribution is -2.12. The first-order valence-electron chi connectivity index (χ1n) is 5.50. The van der Waals surface area contributed by atoms with Crippen LogP contribution in [-0.4, -0.2) is 8.42 Å². The molecule has 0 unspecified atom stereocenters. The standard InChI is InChI=1S/C12H13BrN2O2S2/c1-8-2-4-10(13)11(6-8)15-19(16,17)12-5-3-9(7-14)18-12/h2-6,15H,7,14H2,1H3. The number of sulfonamides is 1. The Morgan fingerprint density at radius 3 is 2.68 bits per heavy atom. The van der Waals surface area contributed by atoms with Gasteiger partial charge in [0.25, 0.3) is 10.0 Å². The van der Waals surface area contributed by atoms with Gasteiger partial charge in [0, 0.05) is 15.9 Å². The second-order valence-electron chi connectivity index (χ2n) is 4.01. The number of benzene rings is 1. The lowest BCUT2D eigenvalue weighted by Gasteiger charge is -2.09. The fraction of sp³-hybridized carbons (Fsp3) is 0.167. The van der Waals surface area contributed by atoms with Crippen molar-refractivity contribution < 1.29 is 8.42 Å². The summed E-state index contributed by atoms with van der Waals surface area (Å²) in [6, 6.07) is 8.79. The van der Waals surface area contributed by atoms with E-state index in [0.29, 0.717) is 16.7 Å². The summed E-state index contributed by atoms with van der Waals surface area (Å²) in [4.78, 5) is 0.837. The molecule has 102 valence electrons. The molecule has 19 heavy (non-hydrogen) atoms. The molecular formula is C12H13BrN2O2S2. The second-order valence-corrected chi connectivity index (χ2v) is 7.95. The van der Waals surface area contributed by atoms with Gasteiger partial charge in [0.15, 0.2) is 0 Å². The molecule has 2 rings (SSSR count). The number of nitrogens with one attached hydrogen (secondary N) is 1. The van der Waals surface area contributed by atoms with E-state index in [4.69, 9.17) is 5.73 Å². The van der Waals surface area contributed by atoms with Gasteiger partial charge in [-0.05, 0) is 52.7 Å². The molecule has 3 N–H and O–H groups in total. The maximum atomic E-state index is 12.2. The van der Waals surface area contributed by atoms with Crippen LogP contribution in [0.25, 0.3) is 0 Å². The third kappa shape index (κ3) is 3.36. The molecule has 0 saturated heterocycles. The van der Waals surface area contributed by atoms with Gasteiger partial charge >= 0.3 is 0 Å². The van der Waals surface area contributed by atoms with Gasteiger partial charge in [-0.3, -0.25) is 4.72 Å². The summed E-state index contributed by atoms with van der Waals surface area (Å²) in [5.74, 6) is 0. The zero-order valence-electron chi connectivity index (χ0n) is 10.2. The predicted molar refractivity (Wildman–Crippen MR) is 81.9 cm³/mol. The minimum Gasteiger partial charge on any atom is -0.326 e. The SMILES string of the molecule is Cc1ccc(Br)c(NS(=O)(=O)c2ccc(CN)s2)c1. The lowest BCUT2D eigenvalue weighted by atomic mass is 10.2. The van der Waals surface area contributed by atoms with Crippen molar-refractivity contribution in [3.63, 3.8) is 0 Å². The summed E-state index contributed by atoms with van der Waals surface area (Å²) >= 11 is 4.51. The maximum Gasteiger partial charge on any atom is 0.271 e. The fourth-order valence-corrected chi connectivity index (χ4v) is 4.31. The van der Waals surface area contributed by atoms with E-state index in [0.717, 1.165) is 10.4 Å². The summed E-state index contributed by atoms with van der Waals surface area (Å²) in [6.07, 6.45) is 0. The molecule has 1 aromatic carbocycles. The molecule has 0 aliphatic carbocycles. The van der Waals surface area contributed by atoms with Crippen LogP contribution in [0.1, 0.15) is 10.4 Å². The highest BCUT2D eigenvalue weighted by atomic mass is 79.9. The van der Waals surface area contributed by atoms with Crippen molar-refractivity contribution in [2.75, 3.05) is 4.72 Å². The highest BCUT2D eigenvalue weighted by molar-refractivity contribution is 9.10. The topological polar surface area (TPSA) is 72.2 Å². The van der Waals surface area contributed by atoms with Crippen LogP contribution >= 0.6 is 27.3 Å². The van der Waals surface area contributed by atoms with Gasteiger partial charge in [0.1, 0.15) is 4.21 Å². The largest absolute Gasteiger partial charge is 0.326 e. The molecule has 7 heteroatoms. The average molecular weight is 361 g/mol. The predicted octanol–water partition coefficient (Wildman–Crippen LogP) is 3.08. The fourth-order valence-electron chi connectivity index (χ4n) is 1.52. The third-order valence-corrected chi connectivity index (χ3v) is 6.13. The summed E-state index contributed by atoms with van der Waals surface area (Å²) in [5, 5.41) is 0. The number of hydrogen-bond acceptors (Lipinski definition) is 4. The molecule has 0 bridgehead atoms. The van der Waals surface area contributed by atoms with E-state index in [1.165, 1.54) is 11.3 Å². The van der Waals surface area contributed by atoms with E-state index < -0.39 is 10.0 Å². The minimum absolute atomic E-state index is 0.265. The number of anilines is 1. The molecule has 0 atom stereocenters. The van der Waals surface area contributed by atoms with Crippen molar-refractivity contribution in [1.29, 1.82) is 0 Å². The molecule has 0 spiro atoms. The molecule has 0 aliphatic rings. The molecule has 4 nitrogen and oxygen atoms in total. The maximum absolute atomic E-state index is 12.2. The van der Waals surface area contributed by atoms with E-state index in [-0.39, 0.29) is 4.21 Å². The summed E-state index contributed by atoms with van der Waals surface area (Å²) in [6.45, 7) is 2.25. The van der Waals surface area contributed by atoms with Gasteiger partial charge in [-0.2, -0.15) is 0 Å². The molecule has 0 saturated carbocycles. The minimum atomic E-state index is -3.56. The lowest BCUT2D eigenvalue weighted by molar-refractivity contribution is 0.603. The molecule has 2 aromatic rings. The number of aryl methyl sites for hydroxylation is 1. The first kappa shape index (κ1) is 14.5. The number of hydrogen-bond donors (Lipinski definition) is 2.